The molecule has 1 aromatic heterocycles. The highest BCUT2D eigenvalue weighted by atomic mass is 15.0. The molecule has 3 rings (SSSR count). The van der Waals surface area contributed by atoms with E-state index in [1.165, 1.54) is 17.5 Å². The fourth-order valence-electron chi connectivity index (χ4n) is 2.33. The van der Waals surface area contributed by atoms with Crippen LogP contribution in [0.4, 0.5) is 5.82 Å². The van der Waals surface area contributed by atoms with Crippen molar-refractivity contribution in [3.8, 4) is 0 Å². The van der Waals surface area contributed by atoms with Crippen LogP contribution in [0.2, 0.25) is 0 Å². The van der Waals surface area contributed by atoms with Crippen molar-refractivity contribution in [3.05, 3.63) is 53.5 Å². The van der Waals surface area contributed by atoms with Crippen molar-refractivity contribution in [2.75, 3.05) is 11.9 Å². The molecule has 2 aromatic rings. The SMILES string of the molecule is Cc1nccc(NCC2Cc3ccccc32)n1. The van der Waals surface area contributed by atoms with E-state index >= 15 is 0 Å². The van der Waals surface area contributed by atoms with Gasteiger partial charge in [0.2, 0.25) is 0 Å². The van der Waals surface area contributed by atoms with E-state index in [1.807, 2.05) is 13.0 Å². The molecule has 3 nitrogen and oxygen atoms in total. The summed E-state index contributed by atoms with van der Waals surface area (Å²) in [5, 5.41) is 3.38. The van der Waals surface area contributed by atoms with Gasteiger partial charge in [0.25, 0.3) is 0 Å². The molecule has 0 radical (unpaired) electrons. The first-order valence-corrected chi connectivity index (χ1v) is 5.94. The highest BCUT2D eigenvalue weighted by Gasteiger charge is 2.24. The van der Waals surface area contributed by atoms with Crippen LogP contribution in [0.25, 0.3) is 0 Å². The molecule has 0 saturated carbocycles. The van der Waals surface area contributed by atoms with Gasteiger partial charge in [-0.2, -0.15) is 0 Å². The molecule has 0 saturated heterocycles. The summed E-state index contributed by atoms with van der Waals surface area (Å²) in [7, 11) is 0. The fourth-order valence-corrected chi connectivity index (χ4v) is 2.33. The summed E-state index contributed by atoms with van der Waals surface area (Å²) in [6, 6.07) is 10.6. The first kappa shape index (κ1) is 10.3. The molecule has 1 N–H and O–H groups in total. The van der Waals surface area contributed by atoms with Gasteiger partial charge in [-0.15, -0.1) is 0 Å². The highest BCUT2D eigenvalue weighted by Crippen LogP contribution is 2.34. The number of fused-ring (bicyclic) bond motifs is 1. The lowest BCUT2D eigenvalue weighted by atomic mass is 9.78. The van der Waals surface area contributed by atoms with E-state index < -0.39 is 0 Å². The van der Waals surface area contributed by atoms with Crippen molar-refractivity contribution in [3.63, 3.8) is 0 Å². The molecule has 0 bridgehead atoms. The first-order valence-electron chi connectivity index (χ1n) is 5.94. The molecule has 1 aliphatic carbocycles. The van der Waals surface area contributed by atoms with Crippen molar-refractivity contribution < 1.29 is 0 Å². The van der Waals surface area contributed by atoms with E-state index in [0.717, 1.165) is 18.2 Å². The Balaban J connectivity index is 1.64. The quantitative estimate of drug-likeness (QED) is 0.872. The van der Waals surface area contributed by atoms with E-state index in [4.69, 9.17) is 0 Å². The molecule has 86 valence electrons. The van der Waals surface area contributed by atoms with Gasteiger partial charge in [0.1, 0.15) is 11.6 Å². The zero-order valence-corrected chi connectivity index (χ0v) is 9.85. The first-order chi connectivity index (χ1) is 8.33. The summed E-state index contributed by atoms with van der Waals surface area (Å²) >= 11 is 0. The Morgan fingerprint density at radius 2 is 2.18 bits per heavy atom. The van der Waals surface area contributed by atoms with Gasteiger partial charge in [0.05, 0.1) is 0 Å². The number of nitrogens with one attached hydrogen (secondary N) is 1. The number of nitrogens with zero attached hydrogens (tertiary/aromatic N) is 2. The molecule has 0 aliphatic heterocycles. The number of aryl methyl sites for hydroxylation is 1. The van der Waals surface area contributed by atoms with Gasteiger partial charge in [-0.05, 0) is 30.5 Å². The Kier molecular flexibility index (Phi) is 2.52. The lowest BCUT2D eigenvalue weighted by molar-refractivity contribution is 0.634. The third kappa shape index (κ3) is 2.00. The van der Waals surface area contributed by atoms with Gasteiger partial charge in [-0.3, -0.25) is 0 Å². The van der Waals surface area contributed by atoms with Crippen molar-refractivity contribution in [2.24, 2.45) is 0 Å². The van der Waals surface area contributed by atoms with E-state index in [-0.39, 0.29) is 0 Å². The van der Waals surface area contributed by atoms with Gasteiger partial charge in [0.15, 0.2) is 0 Å². The van der Waals surface area contributed by atoms with Crippen molar-refractivity contribution in [1.82, 2.24) is 9.97 Å². The van der Waals surface area contributed by atoms with Crippen LogP contribution in [0.15, 0.2) is 36.5 Å². The summed E-state index contributed by atoms with van der Waals surface area (Å²) in [6.07, 6.45) is 2.96. The van der Waals surface area contributed by atoms with Gasteiger partial charge >= 0.3 is 0 Å². The lowest BCUT2D eigenvalue weighted by Crippen LogP contribution is -2.24. The van der Waals surface area contributed by atoms with Crippen LogP contribution in [-0.4, -0.2) is 16.5 Å². The number of anilines is 1. The minimum atomic E-state index is 0.626. The maximum absolute atomic E-state index is 4.34. The van der Waals surface area contributed by atoms with E-state index in [2.05, 4.69) is 39.6 Å². The van der Waals surface area contributed by atoms with Crippen molar-refractivity contribution >= 4 is 5.82 Å². The predicted molar refractivity (Wildman–Crippen MR) is 68.1 cm³/mol. The van der Waals surface area contributed by atoms with Crippen LogP contribution >= 0.6 is 0 Å². The summed E-state index contributed by atoms with van der Waals surface area (Å²) in [6.45, 7) is 2.86. The third-order valence-electron chi connectivity index (χ3n) is 3.27. The topological polar surface area (TPSA) is 37.8 Å². The van der Waals surface area contributed by atoms with Crippen LogP contribution < -0.4 is 5.32 Å². The maximum Gasteiger partial charge on any atom is 0.129 e. The van der Waals surface area contributed by atoms with Gasteiger partial charge in [-0.25, -0.2) is 9.97 Å². The van der Waals surface area contributed by atoms with Crippen molar-refractivity contribution in [1.29, 1.82) is 0 Å². The number of benzene rings is 1. The molecule has 1 atom stereocenters. The molecular weight excluding hydrogens is 210 g/mol. The summed E-state index contributed by atoms with van der Waals surface area (Å²) in [4.78, 5) is 8.42. The lowest BCUT2D eigenvalue weighted by Gasteiger charge is -2.30. The molecule has 1 unspecified atom stereocenters. The molecule has 0 spiro atoms. The van der Waals surface area contributed by atoms with Crippen LogP contribution in [0.5, 0.6) is 0 Å². The van der Waals surface area contributed by atoms with Gasteiger partial charge in [-0.1, -0.05) is 24.3 Å². The minimum Gasteiger partial charge on any atom is -0.369 e. The molecule has 1 heterocycles. The smallest absolute Gasteiger partial charge is 0.129 e. The largest absolute Gasteiger partial charge is 0.369 e. The second kappa shape index (κ2) is 4.17. The molecule has 3 heteroatoms. The zero-order chi connectivity index (χ0) is 11.7. The molecule has 1 aliphatic rings. The Bertz CT molecular complexity index is 536. The molecule has 0 fully saturated rings. The van der Waals surface area contributed by atoms with Gasteiger partial charge < -0.3 is 5.32 Å². The Labute approximate surface area is 101 Å². The predicted octanol–water partition coefficient (Wildman–Crippen LogP) is 2.54. The van der Waals surface area contributed by atoms with Crippen molar-refractivity contribution in [2.45, 2.75) is 19.3 Å². The fraction of sp³-hybridized carbons (Fsp3) is 0.286. The standard InChI is InChI=1S/C14H15N3/c1-10-15-7-6-14(17-10)16-9-12-8-11-4-2-3-5-13(11)12/h2-7,12H,8-9H2,1H3,(H,15,16,17). The Morgan fingerprint density at radius 3 is 3.00 bits per heavy atom. The zero-order valence-electron chi connectivity index (χ0n) is 9.85. The monoisotopic (exact) mass is 225 g/mol. The molecule has 0 amide bonds. The van der Waals surface area contributed by atoms with Gasteiger partial charge in [0, 0.05) is 18.7 Å². The number of rotatable bonds is 3. The maximum atomic E-state index is 4.34. The Hall–Kier alpha value is -1.90. The van der Waals surface area contributed by atoms with E-state index in [0.29, 0.717) is 5.92 Å². The van der Waals surface area contributed by atoms with Crippen LogP contribution in [0.3, 0.4) is 0 Å². The van der Waals surface area contributed by atoms with Crippen LogP contribution in [0, 0.1) is 6.92 Å². The summed E-state index contributed by atoms with van der Waals surface area (Å²) in [5.74, 6) is 2.35. The van der Waals surface area contributed by atoms with Crippen LogP contribution in [-0.2, 0) is 6.42 Å². The molecule has 1 aromatic carbocycles. The molecular formula is C14H15N3. The average Bonchev–Trinajstić information content (AvgIpc) is 2.30. The number of aromatic nitrogens is 2. The second-order valence-electron chi connectivity index (χ2n) is 4.47. The Morgan fingerprint density at radius 1 is 1.29 bits per heavy atom. The summed E-state index contributed by atoms with van der Waals surface area (Å²) in [5.41, 5.74) is 2.96. The average molecular weight is 225 g/mol. The molecule has 17 heavy (non-hydrogen) atoms. The minimum absolute atomic E-state index is 0.626. The summed E-state index contributed by atoms with van der Waals surface area (Å²) < 4.78 is 0. The third-order valence-corrected chi connectivity index (χ3v) is 3.27. The number of hydrogen-bond acceptors (Lipinski definition) is 3. The van der Waals surface area contributed by atoms with E-state index in [1.54, 1.807) is 6.20 Å². The second-order valence-corrected chi connectivity index (χ2v) is 4.47. The number of hydrogen-bond donors (Lipinski definition) is 1. The highest BCUT2D eigenvalue weighted by molar-refractivity contribution is 5.42. The normalized spacial score (nSPS) is 17.1. The van der Waals surface area contributed by atoms with Crippen LogP contribution in [0.1, 0.15) is 22.9 Å². The van der Waals surface area contributed by atoms with E-state index in [9.17, 15) is 0 Å².